The number of nitrogens with zero attached hydrogens (tertiary/aromatic N) is 3. The van der Waals surface area contributed by atoms with Gasteiger partial charge >= 0.3 is 5.97 Å². The molecule has 7 heteroatoms. The molecular formula is C12H12ClN3O2S. The molecule has 0 fully saturated rings. The Morgan fingerprint density at radius 1 is 1.37 bits per heavy atom. The zero-order valence-corrected chi connectivity index (χ0v) is 11.8. The lowest BCUT2D eigenvalue weighted by atomic mass is 10.1. The molecule has 5 nitrogen and oxygen atoms in total. The molecule has 1 N–H and O–H groups in total. The average Bonchev–Trinajstić information content (AvgIpc) is 2.71. The van der Waals surface area contributed by atoms with Gasteiger partial charge in [0.2, 0.25) is 0 Å². The van der Waals surface area contributed by atoms with Crippen LogP contribution in [0.25, 0.3) is 0 Å². The maximum absolute atomic E-state index is 10.5. The van der Waals surface area contributed by atoms with E-state index in [0.29, 0.717) is 16.6 Å². The van der Waals surface area contributed by atoms with Crippen LogP contribution in [0.5, 0.6) is 0 Å². The summed E-state index contributed by atoms with van der Waals surface area (Å²) in [6.07, 6.45) is 0.633. The van der Waals surface area contributed by atoms with Gasteiger partial charge in [-0.3, -0.25) is 4.79 Å². The summed E-state index contributed by atoms with van der Waals surface area (Å²) in [4.78, 5) is 10.5. The lowest BCUT2D eigenvalue weighted by Gasteiger charge is -2.03. The van der Waals surface area contributed by atoms with Crippen LogP contribution in [0.15, 0.2) is 29.4 Å². The smallest absolute Gasteiger partial charge is 0.313 e. The number of hydrogen-bond acceptors (Lipinski definition) is 4. The molecule has 0 atom stereocenters. The van der Waals surface area contributed by atoms with Crippen molar-refractivity contribution in [2.75, 3.05) is 5.75 Å². The first-order chi connectivity index (χ1) is 9.06. The van der Waals surface area contributed by atoms with E-state index >= 15 is 0 Å². The van der Waals surface area contributed by atoms with Crippen molar-refractivity contribution in [3.8, 4) is 0 Å². The minimum Gasteiger partial charge on any atom is -0.481 e. The summed E-state index contributed by atoms with van der Waals surface area (Å²) >= 11 is 6.99. The number of aliphatic carboxylic acids is 1. The maximum Gasteiger partial charge on any atom is 0.313 e. The second-order valence-corrected chi connectivity index (χ2v) is 5.32. The molecular weight excluding hydrogens is 286 g/mol. The van der Waals surface area contributed by atoms with Crippen molar-refractivity contribution in [3.63, 3.8) is 0 Å². The molecule has 1 aromatic carbocycles. The van der Waals surface area contributed by atoms with Crippen LogP contribution in [-0.2, 0) is 18.3 Å². The summed E-state index contributed by atoms with van der Waals surface area (Å²) in [5, 5.41) is 18.0. The molecule has 100 valence electrons. The van der Waals surface area contributed by atoms with E-state index in [1.807, 2.05) is 35.9 Å². The predicted molar refractivity (Wildman–Crippen MR) is 73.6 cm³/mol. The quantitative estimate of drug-likeness (QED) is 0.857. The molecule has 1 heterocycles. The highest BCUT2D eigenvalue weighted by atomic mass is 35.5. The molecule has 19 heavy (non-hydrogen) atoms. The van der Waals surface area contributed by atoms with Gasteiger partial charge < -0.3 is 9.67 Å². The number of halogens is 1. The van der Waals surface area contributed by atoms with Gasteiger partial charge in [-0.2, -0.15) is 0 Å². The summed E-state index contributed by atoms with van der Waals surface area (Å²) in [7, 11) is 1.83. The monoisotopic (exact) mass is 297 g/mol. The maximum atomic E-state index is 10.5. The van der Waals surface area contributed by atoms with Crippen LogP contribution in [-0.4, -0.2) is 31.6 Å². The van der Waals surface area contributed by atoms with Crippen LogP contribution in [0.1, 0.15) is 11.4 Å². The number of aromatic nitrogens is 3. The van der Waals surface area contributed by atoms with Gasteiger partial charge in [0.1, 0.15) is 5.82 Å². The molecule has 0 radical (unpaired) electrons. The fraction of sp³-hybridized carbons (Fsp3) is 0.250. The summed E-state index contributed by atoms with van der Waals surface area (Å²) in [5.74, 6) is -0.102. The van der Waals surface area contributed by atoms with E-state index in [1.54, 1.807) is 0 Å². The van der Waals surface area contributed by atoms with Crippen molar-refractivity contribution in [1.82, 2.24) is 14.8 Å². The molecule has 0 bridgehead atoms. The van der Waals surface area contributed by atoms with Crippen LogP contribution in [0.3, 0.4) is 0 Å². The zero-order valence-electron chi connectivity index (χ0n) is 10.2. The largest absolute Gasteiger partial charge is 0.481 e. The molecule has 0 amide bonds. The minimum atomic E-state index is -0.868. The molecule has 0 unspecified atom stereocenters. The highest BCUT2D eigenvalue weighted by Crippen LogP contribution is 2.18. The van der Waals surface area contributed by atoms with E-state index in [-0.39, 0.29) is 5.75 Å². The van der Waals surface area contributed by atoms with E-state index < -0.39 is 5.97 Å². The fourth-order valence-corrected chi connectivity index (χ4v) is 2.31. The minimum absolute atomic E-state index is 0.0209. The third kappa shape index (κ3) is 3.71. The Hall–Kier alpha value is -1.53. The molecule has 2 rings (SSSR count). The summed E-state index contributed by atoms with van der Waals surface area (Å²) < 4.78 is 1.81. The third-order valence-electron chi connectivity index (χ3n) is 2.53. The van der Waals surface area contributed by atoms with E-state index in [0.717, 1.165) is 23.1 Å². The van der Waals surface area contributed by atoms with E-state index in [2.05, 4.69) is 10.2 Å². The molecule has 2 aromatic rings. The number of benzene rings is 1. The van der Waals surface area contributed by atoms with Crippen molar-refractivity contribution >= 4 is 29.3 Å². The van der Waals surface area contributed by atoms with Gasteiger partial charge in [0.05, 0.1) is 5.75 Å². The molecule has 0 aliphatic heterocycles. The van der Waals surface area contributed by atoms with Crippen molar-refractivity contribution < 1.29 is 9.90 Å². The fourth-order valence-electron chi connectivity index (χ4n) is 1.54. The van der Waals surface area contributed by atoms with Gasteiger partial charge in [0.25, 0.3) is 0 Å². The zero-order chi connectivity index (χ0) is 13.8. The van der Waals surface area contributed by atoms with Crippen LogP contribution in [0.2, 0.25) is 5.02 Å². The van der Waals surface area contributed by atoms with Crippen molar-refractivity contribution in [3.05, 3.63) is 40.7 Å². The molecule has 0 aliphatic carbocycles. The van der Waals surface area contributed by atoms with Gasteiger partial charge in [-0.25, -0.2) is 0 Å². The Morgan fingerprint density at radius 3 is 2.68 bits per heavy atom. The second kappa shape index (κ2) is 6.08. The second-order valence-electron chi connectivity index (χ2n) is 3.94. The highest BCUT2D eigenvalue weighted by molar-refractivity contribution is 7.99. The number of carboxylic acid groups (broad SMARTS) is 1. The van der Waals surface area contributed by atoms with Gasteiger partial charge in [-0.15, -0.1) is 10.2 Å². The molecule has 0 aliphatic rings. The van der Waals surface area contributed by atoms with Gasteiger partial charge in [-0.05, 0) is 17.7 Å². The predicted octanol–water partition coefficient (Wildman–Crippen LogP) is 2.24. The Kier molecular flexibility index (Phi) is 4.44. The lowest BCUT2D eigenvalue weighted by Crippen LogP contribution is -2.03. The molecule has 0 spiro atoms. The number of carbonyl (C=O) groups is 1. The summed E-state index contributed by atoms with van der Waals surface area (Å²) in [5.41, 5.74) is 1.08. The van der Waals surface area contributed by atoms with Crippen molar-refractivity contribution in [1.29, 1.82) is 0 Å². The van der Waals surface area contributed by atoms with E-state index in [9.17, 15) is 4.79 Å². The normalized spacial score (nSPS) is 10.6. The third-order valence-corrected chi connectivity index (χ3v) is 3.78. The van der Waals surface area contributed by atoms with Crippen molar-refractivity contribution in [2.45, 2.75) is 11.6 Å². The first kappa shape index (κ1) is 13.9. The molecule has 0 saturated heterocycles. The van der Waals surface area contributed by atoms with Gasteiger partial charge in [0.15, 0.2) is 5.16 Å². The molecule has 0 saturated carbocycles. The average molecular weight is 298 g/mol. The van der Waals surface area contributed by atoms with Crippen LogP contribution >= 0.6 is 23.4 Å². The number of hydrogen-bond donors (Lipinski definition) is 1. The first-order valence-corrected chi connectivity index (χ1v) is 6.90. The summed E-state index contributed by atoms with van der Waals surface area (Å²) in [6, 6.07) is 7.52. The first-order valence-electron chi connectivity index (χ1n) is 5.53. The van der Waals surface area contributed by atoms with Crippen LogP contribution < -0.4 is 0 Å². The number of rotatable bonds is 5. The van der Waals surface area contributed by atoms with Crippen molar-refractivity contribution in [2.24, 2.45) is 7.05 Å². The number of thioether (sulfide) groups is 1. The van der Waals surface area contributed by atoms with E-state index in [4.69, 9.17) is 16.7 Å². The Balaban J connectivity index is 2.09. The van der Waals surface area contributed by atoms with Crippen LogP contribution in [0, 0.1) is 0 Å². The van der Waals surface area contributed by atoms with Gasteiger partial charge in [-0.1, -0.05) is 35.5 Å². The number of carboxylic acids is 1. The highest BCUT2D eigenvalue weighted by Gasteiger charge is 2.11. The Morgan fingerprint density at radius 2 is 2.05 bits per heavy atom. The van der Waals surface area contributed by atoms with Gasteiger partial charge in [0, 0.05) is 18.5 Å². The SMILES string of the molecule is Cn1c(Cc2ccc(Cl)cc2)nnc1SCC(=O)O. The summed E-state index contributed by atoms with van der Waals surface area (Å²) in [6.45, 7) is 0. The standard InChI is InChI=1S/C12H12ClN3O2S/c1-16-10(6-8-2-4-9(13)5-3-8)14-15-12(16)19-7-11(17)18/h2-5H,6-7H2,1H3,(H,17,18). The topological polar surface area (TPSA) is 68.0 Å². The van der Waals surface area contributed by atoms with Crippen LogP contribution in [0.4, 0.5) is 0 Å². The molecule has 1 aromatic heterocycles. The Labute approximate surface area is 119 Å². The lowest BCUT2D eigenvalue weighted by molar-refractivity contribution is -0.133. The van der Waals surface area contributed by atoms with E-state index in [1.165, 1.54) is 0 Å². The Bertz CT molecular complexity index is 583.